The predicted octanol–water partition coefficient (Wildman–Crippen LogP) is 2.24. The average Bonchev–Trinajstić information content (AvgIpc) is 2.94. The fourth-order valence-corrected chi connectivity index (χ4v) is 2.66. The SMILES string of the molecule is NNC(c1cscn1)c1cccc2ncccc12. The highest BCUT2D eigenvalue weighted by Crippen LogP contribution is 2.27. The first-order valence-electron chi connectivity index (χ1n) is 5.58. The third-order valence-corrected chi connectivity index (χ3v) is 3.51. The van der Waals surface area contributed by atoms with Gasteiger partial charge in [-0.05, 0) is 17.7 Å². The number of pyridine rings is 1. The monoisotopic (exact) mass is 256 g/mol. The van der Waals surface area contributed by atoms with Crippen LogP contribution in [0.1, 0.15) is 17.3 Å². The molecule has 0 aliphatic rings. The predicted molar refractivity (Wildman–Crippen MR) is 73.0 cm³/mol. The Morgan fingerprint density at radius 2 is 2.11 bits per heavy atom. The van der Waals surface area contributed by atoms with Gasteiger partial charge in [0.1, 0.15) is 0 Å². The second-order valence-electron chi connectivity index (χ2n) is 3.93. The molecule has 0 bridgehead atoms. The van der Waals surface area contributed by atoms with Crippen LogP contribution in [0.5, 0.6) is 0 Å². The minimum atomic E-state index is -0.107. The number of fused-ring (bicyclic) bond motifs is 1. The van der Waals surface area contributed by atoms with Crippen LogP contribution in [0.15, 0.2) is 47.4 Å². The lowest BCUT2D eigenvalue weighted by Crippen LogP contribution is -2.29. The Balaban J connectivity index is 2.18. The summed E-state index contributed by atoms with van der Waals surface area (Å²) in [6.07, 6.45) is 1.79. The standard InChI is InChI=1S/C13H12N4S/c14-17-13(12-7-18-8-16-12)10-3-1-5-11-9(10)4-2-6-15-11/h1-8,13,17H,14H2. The number of nitrogens with two attached hydrogens (primary N) is 1. The second kappa shape index (κ2) is 4.81. The second-order valence-corrected chi connectivity index (χ2v) is 4.65. The molecule has 0 aliphatic carbocycles. The summed E-state index contributed by atoms with van der Waals surface area (Å²) in [5.74, 6) is 5.68. The Hall–Kier alpha value is -1.82. The first-order valence-corrected chi connectivity index (χ1v) is 6.52. The Labute approximate surface area is 108 Å². The molecule has 0 fully saturated rings. The Morgan fingerprint density at radius 3 is 2.89 bits per heavy atom. The molecule has 2 heterocycles. The molecular weight excluding hydrogens is 244 g/mol. The van der Waals surface area contributed by atoms with Crippen molar-refractivity contribution in [2.45, 2.75) is 6.04 Å². The maximum Gasteiger partial charge on any atom is 0.0896 e. The van der Waals surface area contributed by atoms with Crippen LogP contribution in [0.3, 0.4) is 0 Å². The van der Waals surface area contributed by atoms with Crippen molar-refractivity contribution in [1.82, 2.24) is 15.4 Å². The molecule has 3 rings (SSSR count). The van der Waals surface area contributed by atoms with Crippen molar-refractivity contribution in [1.29, 1.82) is 0 Å². The van der Waals surface area contributed by atoms with Gasteiger partial charge in [-0.3, -0.25) is 10.8 Å². The molecule has 0 saturated carbocycles. The number of hydrogen-bond donors (Lipinski definition) is 2. The van der Waals surface area contributed by atoms with Gasteiger partial charge in [-0.1, -0.05) is 18.2 Å². The summed E-state index contributed by atoms with van der Waals surface area (Å²) in [4.78, 5) is 8.68. The lowest BCUT2D eigenvalue weighted by atomic mass is 10.00. The van der Waals surface area contributed by atoms with E-state index in [1.54, 1.807) is 17.5 Å². The number of nitrogens with one attached hydrogen (secondary N) is 1. The summed E-state index contributed by atoms with van der Waals surface area (Å²) < 4.78 is 0. The maximum absolute atomic E-state index is 5.68. The Kier molecular flexibility index (Phi) is 3.02. The van der Waals surface area contributed by atoms with Crippen LogP contribution < -0.4 is 11.3 Å². The van der Waals surface area contributed by atoms with Gasteiger partial charge in [0.05, 0.1) is 22.8 Å². The molecule has 0 amide bonds. The van der Waals surface area contributed by atoms with E-state index in [1.807, 2.05) is 41.2 Å². The van der Waals surface area contributed by atoms with Crippen LogP contribution in [0, 0.1) is 0 Å². The smallest absolute Gasteiger partial charge is 0.0896 e. The molecule has 3 N–H and O–H groups in total. The van der Waals surface area contributed by atoms with Crippen molar-refractivity contribution in [3.8, 4) is 0 Å². The third-order valence-electron chi connectivity index (χ3n) is 2.90. The van der Waals surface area contributed by atoms with E-state index in [9.17, 15) is 0 Å². The molecule has 18 heavy (non-hydrogen) atoms. The average molecular weight is 256 g/mol. The van der Waals surface area contributed by atoms with E-state index in [0.717, 1.165) is 22.2 Å². The number of thiazole rings is 1. The molecule has 0 spiro atoms. The fraction of sp³-hybridized carbons (Fsp3) is 0.0769. The van der Waals surface area contributed by atoms with Crippen LogP contribution in [0.4, 0.5) is 0 Å². The van der Waals surface area contributed by atoms with Crippen LogP contribution in [-0.4, -0.2) is 9.97 Å². The molecule has 90 valence electrons. The molecule has 0 saturated heterocycles. The minimum Gasteiger partial charge on any atom is -0.271 e. The highest BCUT2D eigenvalue weighted by Gasteiger charge is 2.16. The van der Waals surface area contributed by atoms with E-state index >= 15 is 0 Å². The lowest BCUT2D eigenvalue weighted by Gasteiger charge is -2.16. The highest BCUT2D eigenvalue weighted by atomic mass is 32.1. The van der Waals surface area contributed by atoms with Gasteiger partial charge in [0.15, 0.2) is 0 Å². The molecular formula is C13H12N4S. The van der Waals surface area contributed by atoms with Gasteiger partial charge in [0, 0.05) is 17.0 Å². The van der Waals surface area contributed by atoms with Crippen molar-refractivity contribution in [2.24, 2.45) is 5.84 Å². The summed E-state index contributed by atoms with van der Waals surface area (Å²) >= 11 is 1.56. The highest BCUT2D eigenvalue weighted by molar-refractivity contribution is 7.07. The summed E-state index contributed by atoms with van der Waals surface area (Å²) in [5.41, 5.74) is 7.62. The number of hydrogen-bond acceptors (Lipinski definition) is 5. The van der Waals surface area contributed by atoms with Crippen molar-refractivity contribution in [3.63, 3.8) is 0 Å². The van der Waals surface area contributed by atoms with E-state index < -0.39 is 0 Å². The molecule has 1 unspecified atom stereocenters. The normalized spacial score (nSPS) is 12.7. The van der Waals surface area contributed by atoms with Crippen molar-refractivity contribution in [2.75, 3.05) is 0 Å². The van der Waals surface area contributed by atoms with Crippen LogP contribution in [0.2, 0.25) is 0 Å². The van der Waals surface area contributed by atoms with Crippen LogP contribution >= 0.6 is 11.3 Å². The van der Waals surface area contributed by atoms with E-state index in [1.165, 1.54) is 0 Å². The number of hydrazine groups is 1. The number of nitrogens with zero attached hydrogens (tertiary/aromatic N) is 2. The van der Waals surface area contributed by atoms with Crippen LogP contribution in [-0.2, 0) is 0 Å². The van der Waals surface area contributed by atoms with Gasteiger partial charge in [-0.15, -0.1) is 11.3 Å². The summed E-state index contributed by atoms with van der Waals surface area (Å²) in [5, 5.41) is 3.09. The van der Waals surface area contributed by atoms with Crippen LogP contribution in [0.25, 0.3) is 10.9 Å². The van der Waals surface area contributed by atoms with E-state index in [2.05, 4.69) is 15.4 Å². The summed E-state index contributed by atoms with van der Waals surface area (Å²) in [7, 11) is 0. The molecule has 0 aliphatic heterocycles. The van der Waals surface area contributed by atoms with Gasteiger partial charge in [0.2, 0.25) is 0 Å². The third kappa shape index (κ3) is 1.88. The van der Waals surface area contributed by atoms with Gasteiger partial charge >= 0.3 is 0 Å². The molecule has 1 aromatic carbocycles. The Morgan fingerprint density at radius 1 is 1.17 bits per heavy atom. The van der Waals surface area contributed by atoms with E-state index in [-0.39, 0.29) is 6.04 Å². The van der Waals surface area contributed by atoms with Crippen molar-refractivity contribution >= 4 is 22.2 Å². The van der Waals surface area contributed by atoms with Gasteiger partial charge < -0.3 is 0 Å². The molecule has 3 aromatic rings. The fourth-order valence-electron chi connectivity index (χ4n) is 2.08. The molecule has 5 heteroatoms. The van der Waals surface area contributed by atoms with E-state index in [4.69, 9.17) is 5.84 Å². The van der Waals surface area contributed by atoms with Gasteiger partial charge in [-0.2, -0.15) is 0 Å². The lowest BCUT2D eigenvalue weighted by molar-refractivity contribution is 0.628. The number of rotatable bonds is 3. The van der Waals surface area contributed by atoms with Gasteiger partial charge in [0.25, 0.3) is 0 Å². The summed E-state index contributed by atoms with van der Waals surface area (Å²) in [6.45, 7) is 0. The summed E-state index contributed by atoms with van der Waals surface area (Å²) in [6, 6.07) is 9.90. The molecule has 0 radical (unpaired) electrons. The zero-order chi connectivity index (χ0) is 12.4. The zero-order valence-corrected chi connectivity index (χ0v) is 10.4. The molecule has 2 aromatic heterocycles. The first-order chi connectivity index (χ1) is 8.90. The zero-order valence-electron chi connectivity index (χ0n) is 9.58. The van der Waals surface area contributed by atoms with Gasteiger partial charge in [-0.25, -0.2) is 10.4 Å². The maximum atomic E-state index is 5.68. The first kappa shape index (κ1) is 11.3. The van der Waals surface area contributed by atoms with E-state index in [0.29, 0.717) is 0 Å². The molecule has 4 nitrogen and oxygen atoms in total. The Bertz CT molecular complexity index is 646. The number of aromatic nitrogens is 2. The topological polar surface area (TPSA) is 63.8 Å². The molecule has 1 atom stereocenters. The van der Waals surface area contributed by atoms with Crippen molar-refractivity contribution in [3.05, 3.63) is 58.7 Å². The minimum absolute atomic E-state index is 0.107. The quantitative estimate of drug-likeness (QED) is 0.557. The number of benzene rings is 1. The van der Waals surface area contributed by atoms with Crippen molar-refractivity contribution < 1.29 is 0 Å². The largest absolute Gasteiger partial charge is 0.271 e.